The first-order valence-electron chi connectivity index (χ1n) is 9.24. The zero-order valence-corrected chi connectivity index (χ0v) is 17.2. The SMILES string of the molecule is Cc1ccc2c(c1)C(=O)N(CCCC(=O)OCC(=O)N(C)Cc1ccsc1)C2=O. The number of ether oxygens (including phenoxy) is 1. The first-order chi connectivity index (χ1) is 13.9. The molecule has 1 aliphatic heterocycles. The van der Waals surface area contributed by atoms with Crippen LogP contribution in [-0.4, -0.2) is 53.7 Å². The summed E-state index contributed by atoms with van der Waals surface area (Å²) in [5.41, 5.74) is 2.72. The molecule has 1 aromatic carbocycles. The number of carbonyl (C=O) groups is 4. The maximum Gasteiger partial charge on any atom is 0.306 e. The summed E-state index contributed by atoms with van der Waals surface area (Å²) in [7, 11) is 1.65. The lowest BCUT2D eigenvalue weighted by molar-refractivity contribution is -0.151. The molecule has 2 aromatic rings. The van der Waals surface area contributed by atoms with Crippen LogP contribution < -0.4 is 0 Å². The Morgan fingerprint density at radius 3 is 2.62 bits per heavy atom. The van der Waals surface area contributed by atoms with Gasteiger partial charge in [0.05, 0.1) is 11.1 Å². The third kappa shape index (κ3) is 4.89. The molecule has 0 radical (unpaired) electrons. The van der Waals surface area contributed by atoms with Crippen molar-refractivity contribution in [3.63, 3.8) is 0 Å². The Morgan fingerprint density at radius 2 is 1.90 bits per heavy atom. The third-order valence-corrected chi connectivity index (χ3v) is 5.40. The van der Waals surface area contributed by atoms with Gasteiger partial charge in [-0.05, 0) is 47.9 Å². The molecule has 1 aromatic heterocycles. The highest BCUT2D eigenvalue weighted by atomic mass is 32.1. The summed E-state index contributed by atoms with van der Waals surface area (Å²) in [5.74, 6) is -1.51. The molecule has 29 heavy (non-hydrogen) atoms. The van der Waals surface area contributed by atoms with E-state index in [2.05, 4.69) is 0 Å². The molecular formula is C21H22N2O5S. The fourth-order valence-electron chi connectivity index (χ4n) is 3.06. The fraction of sp³-hybridized carbons (Fsp3) is 0.333. The van der Waals surface area contributed by atoms with Crippen LogP contribution in [0.2, 0.25) is 0 Å². The van der Waals surface area contributed by atoms with E-state index in [9.17, 15) is 19.2 Å². The number of amides is 3. The van der Waals surface area contributed by atoms with Crippen molar-refractivity contribution in [2.75, 3.05) is 20.2 Å². The molecule has 3 amide bonds. The number of nitrogens with zero attached hydrogens (tertiary/aromatic N) is 2. The number of hydrogen-bond acceptors (Lipinski definition) is 6. The van der Waals surface area contributed by atoms with Crippen molar-refractivity contribution in [1.82, 2.24) is 9.80 Å². The summed E-state index contributed by atoms with van der Waals surface area (Å²) in [6, 6.07) is 7.07. The molecule has 0 saturated carbocycles. The highest BCUT2D eigenvalue weighted by molar-refractivity contribution is 7.07. The number of thiophene rings is 1. The van der Waals surface area contributed by atoms with Gasteiger partial charge < -0.3 is 9.64 Å². The predicted octanol–water partition coefficient (Wildman–Crippen LogP) is 2.63. The molecule has 152 valence electrons. The minimum absolute atomic E-state index is 0.0218. The molecule has 1 aliphatic rings. The van der Waals surface area contributed by atoms with Crippen LogP contribution in [-0.2, 0) is 20.9 Å². The van der Waals surface area contributed by atoms with Crippen molar-refractivity contribution < 1.29 is 23.9 Å². The second-order valence-electron chi connectivity index (χ2n) is 6.96. The van der Waals surface area contributed by atoms with E-state index in [1.807, 2.05) is 23.8 Å². The number of fused-ring (bicyclic) bond motifs is 1. The Bertz CT molecular complexity index is 939. The fourth-order valence-corrected chi connectivity index (χ4v) is 3.72. The molecule has 0 atom stereocenters. The standard InChI is InChI=1S/C21H22N2O5S/c1-14-5-6-16-17(10-14)21(27)23(20(16)26)8-3-4-19(25)28-12-18(24)22(2)11-15-7-9-29-13-15/h5-7,9-10,13H,3-4,8,11-12H2,1-2H3. The second kappa shape index (κ2) is 9.00. The van der Waals surface area contributed by atoms with Crippen molar-refractivity contribution in [1.29, 1.82) is 0 Å². The minimum Gasteiger partial charge on any atom is -0.456 e. The van der Waals surface area contributed by atoms with Gasteiger partial charge in [0.1, 0.15) is 0 Å². The van der Waals surface area contributed by atoms with Crippen LogP contribution in [0.1, 0.15) is 44.7 Å². The number of esters is 1. The summed E-state index contributed by atoms with van der Waals surface area (Å²) in [5, 5.41) is 3.89. The average Bonchev–Trinajstić information content (AvgIpc) is 3.28. The molecular weight excluding hydrogens is 392 g/mol. The molecule has 0 N–H and O–H groups in total. The van der Waals surface area contributed by atoms with E-state index in [1.54, 1.807) is 36.6 Å². The smallest absolute Gasteiger partial charge is 0.306 e. The third-order valence-electron chi connectivity index (χ3n) is 4.67. The van der Waals surface area contributed by atoms with Gasteiger partial charge in [0.15, 0.2) is 6.61 Å². The van der Waals surface area contributed by atoms with E-state index in [4.69, 9.17) is 4.74 Å². The summed E-state index contributed by atoms with van der Waals surface area (Å²) < 4.78 is 5.02. The van der Waals surface area contributed by atoms with Gasteiger partial charge >= 0.3 is 5.97 Å². The van der Waals surface area contributed by atoms with Crippen LogP contribution >= 0.6 is 11.3 Å². The molecule has 0 spiro atoms. The highest BCUT2D eigenvalue weighted by Crippen LogP contribution is 2.24. The quantitative estimate of drug-likeness (QED) is 0.490. The summed E-state index contributed by atoms with van der Waals surface area (Å²) >= 11 is 1.55. The Hall–Kier alpha value is -3.00. The van der Waals surface area contributed by atoms with Crippen molar-refractivity contribution in [2.45, 2.75) is 26.3 Å². The molecule has 0 aliphatic carbocycles. The summed E-state index contributed by atoms with van der Waals surface area (Å²) in [6.07, 6.45) is 0.302. The number of likely N-dealkylation sites (N-methyl/N-ethyl adjacent to an activating group) is 1. The van der Waals surface area contributed by atoms with Crippen LogP contribution in [0.5, 0.6) is 0 Å². The number of hydrogen-bond donors (Lipinski definition) is 0. The lowest BCUT2D eigenvalue weighted by Crippen LogP contribution is -2.32. The van der Waals surface area contributed by atoms with Gasteiger partial charge in [0.2, 0.25) is 0 Å². The lowest BCUT2D eigenvalue weighted by Gasteiger charge is -2.16. The van der Waals surface area contributed by atoms with Gasteiger partial charge in [-0.3, -0.25) is 24.1 Å². The number of carbonyl (C=O) groups excluding carboxylic acids is 4. The van der Waals surface area contributed by atoms with Crippen LogP contribution in [0.15, 0.2) is 35.0 Å². The van der Waals surface area contributed by atoms with Gasteiger partial charge in [-0.15, -0.1) is 0 Å². The molecule has 8 heteroatoms. The first-order valence-corrected chi connectivity index (χ1v) is 10.2. The number of imide groups is 1. The van der Waals surface area contributed by atoms with Crippen LogP contribution in [0, 0.1) is 6.92 Å². The van der Waals surface area contributed by atoms with Crippen molar-refractivity contribution >= 4 is 35.0 Å². The van der Waals surface area contributed by atoms with E-state index in [-0.39, 0.29) is 43.7 Å². The van der Waals surface area contributed by atoms with E-state index in [1.165, 1.54) is 4.90 Å². The van der Waals surface area contributed by atoms with E-state index < -0.39 is 5.97 Å². The number of aryl methyl sites for hydroxylation is 1. The number of benzene rings is 1. The number of rotatable bonds is 8. The van der Waals surface area contributed by atoms with E-state index in [0.717, 1.165) is 16.0 Å². The van der Waals surface area contributed by atoms with Crippen molar-refractivity contribution in [3.8, 4) is 0 Å². The first kappa shape index (κ1) is 20.7. The monoisotopic (exact) mass is 414 g/mol. The highest BCUT2D eigenvalue weighted by Gasteiger charge is 2.35. The Balaban J connectivity index is 1.40. The zero-order chi connectivity index (χ0) is 21.0. The maximum absolute atomic E-state index is 12.4. The van der Waals surface area contributed by atoms with Crippen molar-refractivity contribution in [3.05, 3.63) is 57.3 Å². The van der Waals surface area contributed by atoms with Crippen molar-refractivity contribution in [2.24, 2.45) is 0 Å². The van der Waals surface area contributed by atoms with E-state index >= 15 is 0 Å². The molecule has 0 unspecified atom stereocenters. The van der Waals surface area contributed by atoms with Gasteiger partial charge in [0.25, 0.3) is 17.7 Å². The normalized spacial score (nSPS) is 12.8. The Labute approximate surface area is 172 Å². The van der Waals surface area contributed by atoms with Crippen LogP contribution in [0.25, 0.3) is 0 Å². The molecule has 0 fully saturated rings. The molecule has 7 nitrogen and oxygen atoms in total. The van der Waals surface area contributed by atoms with Gasteiger partial charge in [-0.2, -0.15) is 11.3 Å². The minimum atomic E-state index is -0.533. The summed E-state index contributed by atoms with van der Waals surface area (Å²) in [6.45, 7) is 2.12. The predicted molar refractivity (Wildman–Crippen MR) is 108 cm³/mol. The van der Waals surface area contributed by atoms with Gasteiger partial charge in [-0.1, -0.05) is 11.6 Å². The average molecular weight is 414 g/mol. The zero-order valence-electron chi connectivity index (χ0n) is 16.3. The lowest BCUT2D eigenvalue weighted by atomic mass is 10.1. The maximum atomic E-state index is 12.4. The Kier molecular flexibility index (Phi) is 6.43. The molecule has 3 rings (SSSR count). The van der Waals surface area contributed by atoms with E-state index in [0.29, 0.717) is 17.7 Å². The topological polar surface area (TPSA) is 84.0 Å². The molecule has 0 saturated heterocycles. The van der Waals surface area contributed by atoms with Gasteiger partial charge in [0, 0.05) is 26.6 Å². The van der Waals surface area contributed by atoms with Crippen LogP contribution in [0.3, 0.4) is 0 Å². The van der Waals surface area contributed by atoms with Gasteiger partial charge in [-0.25, -0.2) is 0 Å². The molecule has 0 bridgehead atoms. The molecule has 2 heterocycles. The second-order valence-corrected chi connectivity index (χ2v) is 7.74. The van der Waals surface area contributed by atoms with Crippen LogP contribution in [0.4, 0.5) is 0 Å². The summed E-state index contributed by atoms with van der Waals surface area (Å²) in [4.78, 5) is 51.4. The Morgan fingerprint density at radius 1 is 1.14 bits per heavy atom. The largest absolute Gasteiger partial charge is 0.456 e.